The predicted molar refractivity (Wildman–Crippen MR) is 111 cm³/mol. The molecule has 3 aromatic rings. The third-order valence-electron chi connectivity index (χ3n) is 5.05. The van der Waals surface area contributed by atoms with Gasteiger partial charge in [0.2, 0.25) is 5.69 Å². The molecular weight excluding hydrogens is 403 g/mol. The monoisotopic (exact) mass is 424 g/mol. The number of nitrogens with zero attached hydrogens (tertiary/aromatic N) is 3. The van der Waals surface area contributed by atoms with Crippen molar-refractivity contribution in [2.75, 3.05) is 13.2 Å². The van der Waals surface area contributed by atoms with Crippen molar-refractivity contribution in [3.8, 4) is 5.69 Å². The molecule has 1 atom stereocenters. The SMILES string of the molecule is O=C(NCC1CCCO1)c1nn(-c2ccccc2F)c(=O)n(Cc2ccccc2)c1=O. The molecule has 0 aliphatic carbocycles. The molecule has 1 aliphatic heterocycles. The Morgan fingerprint density at radius 2 is 1.87 bits per heavy atom. The van der Waals surface area contributed by atoms with Crippen LogP contribution in [0, 0.1) is 5.82 Å². The molecule has 1 saturated heterocycles. The quantitative estimate of drug-likeness (QED) is 0.647. The lowest BCUT2D eigenvalue weighted by Gasteiger charge is -2.14. The molecule has 0 saturated carbocycles. The van der Waals surface area contributed by atoms with Crippen molar-refractivity contribution in [3.63, 3.8) is 0 Å². The largest absolute Gasteiger partial charge is 0.376 e. The molecule has 0 bridgehead atoms. The van der Waals surface area contributed by atoms with Crippen molar-refractivity contribution in [1.29, 1.82) is 0 Å². The highest BCUT2D eigenvalue weighted by molar-refractivity contribution is 5.91. The van der Waals surface area contributed by atoms with Crippen LogP contribution in [-0.4, -0.2) is 39.5 Å². The zero-order valence-electron chi connectivity index (χ0n) is 16.7. The Balaban J connectivity index is 1.78. The number of rotatable bonds is 6. The summed E-state index contributed by atoms with van der Waals surface area (Å²) in [6, 6.07) is 14.4. The third kappa shape index (κ3) is 4.46. The maximum atomic E-state index is 14.4. The van der Waals surface area contributed by atoms with Gasteiger partial charge in [0.25, 0.3) is 11.5 Å². The highest BCUT2D eigenvalue weighted by atomic mass is 19.1. The third-order valence-corrected chi connectivity index (χ3v) is 5.05. The summed E-state index contributed by atoms with van der Waals surface area (Å²) < 4.78 is 21.5. The van der Waals surface area contributed by atoms with E-state index in [4.69, 9.17) is 4.74 Å². The van der Waals surface area contributed by atoms with Crippen LogP contribution in [-0.2, 0) is 11.3 Å². The number of hydrogen-bond acceptors (Lipinski definition) is 5. The molecule has 8 nitrogen and oxygen atoms in total. The first kappa shape index (κ1) is 20.7. The lowest BCUT2D eigenvalue weighted by atomic mass is 10.2. The summed E-state index contributed by atoms with van der Waals surface area (Å²) in [4.78, 5) is 38.8. The van der Waals surface area contributed by atoms with Crippen molar-refractivity contribution in [2.24, 2.45) is 0 Å². The molecular formula is C22H21FN4O4. The van der Waals surface area contributed by atoms with Gasteiger partial charge in [0, 0.05) is 13.2 Å². The average molecular weight is 424 g/mol. The number of carbonyl (C=O) groups excluding carboxylic acids is 1. The number of amides is 1. The van der Waals surface area contributed by atoms with Gasteiger partial charge < -0.3 is 10.1 Å². The van der Waals surface area contributed by atoms with Crippen molar-refractivity contribution in [2.45, 2.75) is 25.5 Å². The Morgan fingerprint density at radius 3 is 2.58 bits per heavy atom. The number of carbonyl (C=O) groups is 1. The number of aromatic nitrogens is 3. The maximum Gasteiger partial charge on any atom is 0.352 e. The molecule has 1 amide bonds. The van der Waals surface area contributed by atoms with E-state index in [1.165, 1.54) is 24.3 Å². The molecule has 31 heavy (non-hydrogen) atoms. The molecule has 1 fully saturated rings. The van der Waals surface area contributed by atoms with Crippen molar-refractivity contribution >= 4 is 5.91 Å². The topological polar surface area (TPSA) is 95.2 Å². The first-order valence-corrected chi connectivity index (χ1v) is 9.97. The van der Waals surface area contributed by atoms with Crippen LogP contribution in [0.4, 0.5) is 4.39 Å². The molecule has 1 N–H and O–H groups in total. The number of hydrogen-bond donors (Lipinski definition) is 1. The molecule has 9 heteroatoms. The van der Waals surface area contributed by atoms with Gasteiger partial charge >= 0.3 is 5.69 Å². The van der Waals surface area contributed by atoms with E-state index in [1.807, 2.05) is 0 Å². The molecule has 1 aromatic heterocycles. The van der Waals surface area contributed by atoms with Gasteiger partial charge in [-0.3, -0.25) is 14.2 Å². The first-order chi connectivity index (χ1) is 15.0. The molecule has 0 spiro atoms. The van der Waals surface area contributed by atoms with Gasteiger partial charge in [-0.25, -0.2) is 9.18 Å². The van der Waals surface area contributed by atoms with Crippen molar-refractivity contribution < 1.29 is 13.9 Å². The molecule has 160 valence electrons. The second-order valence-corrected chi connectivity index (χ2v) is 7.22. The fourth-order valence-corrected chi connectivity index (χ4v) is 3.44. The van der Waals surface area contributed by atoms with Crippen LogP contribution in [0.15, 0.2) is 64.2 Å². The number of benzene rings is 2. The number of para-hydroxylation sites is 1. The minimum atomic E-state index is -0.841. The first-order valence-electron chi connectivity index (χ1n) is 9.97. The average Bonchev–Trinajstić information content (AvgIpc) is 3.30. The summed E-state index contributed by atoms with van der Waals surface area (Å²) in [5, 5.41) is 6.56. The van der Waals surface area contributed by atoms with E-state index in [0.29, 0.717) is 12.2 Å². The van der Waals surface area contributed by atoms with E-state index < -0.39 is 28.7 Å². The van der Waals surface area contributed by atoms with Crippen LogP contribution >= 0.6 is 0 Å². The number of ether oxygens (including phenoxy) is 1. The van der Waals surface area contributed by atoms with Crippen LogP contribution in [0.2, 0.25) is 0 Å². The summed E-state index contributed by atoms with van der Waals surface area (Å²) in [5.74, 6) is -1.44. The fraction of sp³-hybridized carbons (Fsp3) is 0.273. The van der Waals surface area contributed by atoms with Gasteiger partial charge in [-0.2, -0.15) is 9.78 Å². The lowest BCUT2D eigenvalue weighted by Crippen LogP contribution is -2.46. The number of nitrogens with one attached hydrogen (secondary N) is 1. The summed E-state index contributed by atoms with van der Waals surface area (Å²) in [5.41, 5.74) is -1.64. The van der Waals surface area contributed by atoms with E-state index in [0.717, 1.165) is 22.1 Å². The lowest BCUT2D eigenvalue weighted by molar-refractivity contribution is 0.0849. The Morgan fingerprint density at radius 1 is 1.13 bits per heavy atom. The standard InChI is InChI=1S/C22H21FN4O4/c23-17-10-4-5-11-18(17)27-22(30)26(14-15-7-2-1-3-8-15)21(29)19(25-27)20(28)24-13-16-9-6-12-31-16/h1-5,7-8,10-11,16H,6,9,12-14H2,(H,24,28). The van der Waals surface area contributed by atoms with Gasteiger partial charge in [0.05, 0.1) is 12.6 Å². The van der Waals surface area contributed by atoms with Gasteiger partial charge in [0.1, 0.15) is 11.5 Å². The van der Waals surface area contributed by atoms with Crippen molar-refractivity contribution in [1.82, 2.24) is 19.7 Å². The van der Waals surface area contributed by atoms with E-state index in [-0.39, 0.29) is 24.9 Å². The van der Waals surface area contributed by atoms with E-state index >= 15 is 0 Å². The van der Waals surface area contributed by atoms with Crippen LogP contribution in [0.5, 0.6) is 0 Å². The minimum absolute atomic E-state index is 0.0818. The predicted octanol–water partition coefficient (Wildman–Crippen LogP) is 1.49. The molecule has 0 radical (unpaired) electrons. The van der Waals surface area contributed by atoms with Gasteiger partial charge in [-0.1, -0.05) is 42.5 Å². The van der Waals surface area contributed by atoms with Gasteiger partial charge in [0.15, 0.2) is 0 Å². The second-order valence-electron chi connectivity index (χ2n) is 7.22. The van der Waals surface area contributed by atoms with Crippen LogP contribution in [0.3, 0.4) is 0 Å². The van der Waals surface area contributed by atoms with Gasteiger partial charge in [-0.05, 0) is 30.5 Å². The zero-order valence-corrected chi connectivity index (χ0v) is 16.7. The molecule has 4 rings (SSSR count). The van der Waals surface area contributed by atoms with Crippen LogP contribution < -0.4 is 16.6 Å². The summed E-state index contributed by atoms with van der Waals surface area (Å²) in [6.07, 6.45) is 1.58. The maximum absolute atomic E-state index is 14.4. The minimum Gasteiger partial charge on any atom is -0.376 e. The zero-order chi connectivity index (χ0) is 21.8. The van der Waals surface area contributed by atoms with Gasteiger partial charge in [-0.15, -0.1) is 0 Å². The summed E-state index contributed by atoms with van der Waals surface area (Å²) in [7, 11) is 0. The Kier molecular flexibility index (Phi) is 6.03. The molecule has 2 heterocycles. The van der Waals surface area contributed by atoms with Crippen LogP contribution in [0.25, 0.3) is 5.69 Å². The number of halogens is 1. The summed E-state index contributed by atoms with van der Waals surface area (Å²) >= 11 is 0. The van der Waals surface area contributed by atoms with Crippen molar-refractivity contribution in [3.05, 3.63) is 92.5 Å². The Labute approximate surface area is 176 Å². The van der Waals surface area contributed by atoms with E-state index in [1.54, 1.807) is 30.3 Å². The molecule has 1 unspecified atom stereocenters. The van der Waals surface area contributed by atoms with Crippen LogP contribution in [0.1, 0.15) is 28.9 Å². The molecule has 1 aliphatic rings. The molecule has 2 aromatic carbocycles. The normalized spacial score (nSPS) is 15.7. The summed E-state index contributed by atoms with van der Waals surface area (Å²) in [6.45, 7) is 0.764. The second kappa shape index (κ2) is 9.05. The van der Waals surface area contributed by atoms with E-state index in [9.17, 15) is 18.8 Å². The smallest absolute Gasteiger partial charge is 0.352 e. The Bertz CT molecular complexity index is 1200. The highest BCUT2D eigenvalue weighted by Crippen LogP contribution is 2.11. The Hall–Kier alpha value is -3.59. The highest BCUT2D eigenvalue weighted by Gasteiger charge is 2.23. The van der Waals surface area contributed by atoms with E-state index in [2.05, 4.69) is 10.4 Å². The fourth-order valence-electron chi connectivity index (χ4n) is 3.44.